The average molecular weight is 291 g/mol. The summed E-state index contributed by atoms with van der Waals surface area (Å²) in [5, 5.41) is 0. The lowest BCUT2D eigenvalue weighted by molar-refractivity contribution is 0.218. The van der Waals surface area contributed by atoms with Crippen LogP contribution in [0, 0.1) is 5.92 Å². The predicted octanol–water partition coefficient (Wildman–Crippen LogP) is 4.40. The summed E-state index contributed by atoms with van der Waals surface area (Å²) in [5.74, 6) is 2.21. The van der Waals surface area contributed by atoms with E-state index in [-0.39, 0.29) is 12.4 Å². The van der Waals surface area contributed by atoms with Crippen LogP contribution in [0.5, 0.6) is 0 Å². The summed E-state index contributed by atoms with van der Waals surface area (Å²) in [6, 6.07) is 0.612. The Balaban J connectivity index is 0. The Bertz CT molecular complexity index is 136. The van der Waals surface area contributed by atoms with E-state index in [2.05, 4.69) is 25.7 Å². The van der Waals surface area contributed by atoms with Gasteiger partial charge in [0.05, 0.1) is 0 Å². The van der Waals surface area contributed by atoms with Gasteiger partial charge >= 0.3 is 0 Å². The van der Waals surface area contributed by atoms with Crippen molar-refractivity contribution in [2.45, 2.75) is 46.1 Å². The van der Waals surface area contributed by atoms with E-state index in [0.29, 0.717) is 17.8 Å². The molecule has 0 N–H and O–H groups in total. The molecule has 0 aromatic rings. The molecule has 0 radical (unpaired) electrons. The van der Waals surface area contributed by atoms with Gasteiger partial charge in [0.25, 0.3) is 0 Å². The van der Waals surface area contributed by atoms with Crippen LogP contribution in [0.15, 0.2) is 0 Å². The first-order valence-electron chi connectivity index (χ1n) is 5.97. The molecule has 0 aliphatic heterocycles. The molecule has 0 aromatic carbocycles. The van der Waals surface area contributed by atoms with Gasteiger partial charge in [-0.25, -0.2) is 0 Å². The van der Waals surface area contributed by atoms with Gasteiger partial charge in [-0.05, 0) is 19.3 Å². The topological polar surface area (TPSA) is 3.24 Å². The van der Waals surface area contributed by atoms with Gasteiger partial charge in [-0.3, -0.25) is 4.90 Å². The Morgan fingerprint density at radius 3 is 1.81 bits per heavy atom. The lowest BCUT2D eigenvalue weighted by Crippen LogP contribution is -2.36. The van der Waals surface area contributed by atoms with Crippen LogP contribution in [-0.4, -0.2) is 35.8 Å². The minimum Gasteiger partial charge on any atom is -0.298 e. The van der Waals surface area contributed by atoms with Gasteiger partial charge in [0.1, 0.15) is 0 Å². The lowest BCUT2D eigenvalue weighted by Gasteiger charge is -2.27. The molecule has 0 aliphatic rings. The van der Waals surface area contributed by atoms with Crippen LogP contribution in [0.25, 0.3) is 0 Å². The molecule has 0 saturated carbocycles. The zero-order valence-corrected chi connectivity index (χ0v) is 13.0. The number of hydrogen-bond acceptors (Lipinski definition) is 1. The average Bonchev–Trinajstić information content (AvgIpc) is 2.16. The Kier molecular flexibility index (Phi) is 14.7. The number of hydrogen-bond donors (Lipinski definition) is 0. The normalized spacial score (nSPS) is 12.9. The van der Waals surface area contributed by atoms with E-state index in [9.17, 15) is 0 Å². The molecule has 100 valence electrons. The Morgan fingerprint density at radius 2 is 1.44 bits per heavy atom. The van der Waals surface area contributed by atoms with Gasteiger partial charge in [0.2, 0.25) is 0 Å². The summed E-state index contributed by atoms with van der Waals surface area (Å²) in [4.78, 5) is 2.39. The van der Waals surface area contributed by atoms with Crippen LogP contribution in [0.2, 0.25) is 0 Å². The summed E-state index contributed by atoms with van der Waals surface area (Å²) in [7, 11) is 0. The predicted molar refractivity (Wildman–Crippen MR) is 78.4 cm³/mol. The van der Waals surface area contributed by atoms with E-state index >= 15 is 0 Å². The molecule has 0 fully saturated rings. The third kappa shape index (κ3) is 10.0. The summed E-state index contributed by atoms with van der Waals surface area (Å²) in [6.07, 6.45) is 3.88. The monoisotopic (exact) mass is 289 g/mol. The van der Waals surface area contributed by atoms with Crippen LogP contribution in [-0.2, 0) is 0 Å². The minimum absolute atomic E-state index is 0. The highest BCUT2D eigenvalue weighted by Crippen LogP contribution is 2.12. The second-order valence-electron chi connectivity index (χ2n) is 4.59. The fourth-order valence-electron chi connectivity index (χ4n) is 1.77. The van der Waals surface area contributed by atoms with Crippen LogP contribution < -0.4 is 0 Å². The minimum atomic E-state index is 0. The van der Waals surface area contributed by atoms with E-state index in [4.69, 9.17) is 23.2 Å². The molecular weight excluding hydrogens is 264 g/mol. The maximum Gasteiger partial charge on any atom is 0.0351 e. The van der Waals surface area contributed by atoms with Crippen LogP contribution in [0.4, 0.5) is 0 Å². The van der Waals surface area contributed by atoms with Gasteiger partial charge in [0, 0.05) is 30.9 Å². The molecule has 0 bridgehead atoms. The Labute approximate surface area is 117 Å². The van der Waals surface area contributed by atoms with E-state index in [1.807, 2.05) is 0 Å². The molecule has 0 spiro atoms. The molecule has 0 heterocycles. The molecule has 0 aromatic heterocycles. The molecule has 1 unspecified atom stereocenters. The Hall–Kier alpha value is 0.830. The van der Waals surface area contributed by atoms with Crippen molar-refractivity contribution >= 4 is 35.6 Å². The van der Waals surface area contributed by atoms with Gasteiger partial charge < -0.3 is 0 Å². The molecular formula is C12H26Cl3N. The third-order valence-corrected chi connectivity index (χ3v) is 3.11. The summed E-state index contributed by atoms with van der Waals surface area (Å²) in [5.41, 5.74) is 0. The first-order chi connectivity index (χ1) is 7.11. The van der Waals surface area contributed by atoms with E-state index in [0.717, 1.165) is 19.0 Å². The third-order valence-electron chi connectivity index (χ3n) is 2.77. The van der Waals surface area contributed by atoms with E-state index in [1.54, 1.807) is 0 Å². The maximum atomic E-state index is 5.78. The lowest BCUT2D eigenvalue weighted by atomic mass is 10.0. The van der Waals surface area contributed by atoms with Gasteiger partial charge in [-0.2, -0.15) is 0 Å². The highest BCUT2D eigenvalue weighted by atomic mass is 35.5. The van der Waals surface area contributed by atoms with Crippen molar-refractivity contribution in [1.82, 2.24) is 4.90 Å². The molecule has 16 heavy (non-hydrogen) atoms. The summed E-state index contributed by atoms with van der Waals surface area (Å²) < 4.78 is 0. The van der Waals surface area contributed by atoms with Crippen LogP contribution in [0.3, 0.4) is 0 Å². The SMILES string of the molecule is CC(C)CCCC(C)N(CCCl)CCCl.Cl. The van der Waals surface area contributed by atoms with Crippen molar-refractivity contribution in [3.63, 3.8) is 0 Å². The number of alkyl halides is 2. The molecule has 1 atom stereocenters. The summed E-state index contributed by atoms with van der Waals surface area (Å²) in [6.45, 7) is 8.74. The first-order valence-corrected chi connectivity index (χ1v) is 7.04. The van der Waals surface area contributed by atoms with Crippen molar-refractivity contribution in [2.24, 2.45) is 5.92 Å². The smallest absolute Gasteiger partial charge is 0.0351 e. The van der Waals surface area contributed by atoms with E-state index < -0.39 is 0 Å². The van der Waals surface area contributed by atoms with E-state index in [1.165, 1.54) is 19.3 Å². The molecule has 4 heteroatoms. The second kappa shape index (κ2) is 12.3. The summed E-state index contributed by atoms with van der Waals surface area (Å²) >= 11 is 11.6. The van der Waals surface area contributed by atoms with Gasteiger partial charge in [0.15, 0.2) is 0 Å². The molecule has 0 aliphatic carbocycles. The largest absolute Gasteiger partial charge is 0.298 e. The standard InChI is InChI=1S/C12H25Cl2N.ClH/c1-11(2)5-4-6-12(3)15(9-7-13)10-8-14;/h11-12H,4-10H2,1-3H3;1H. The van der Waals surface area contributed by atoms with Crippen molar-refractivity contribution in [2.75, 3.05) is 24.8 Å². The molecule has 0 amide bonds. The second-order valence-corrected chi connectivity index (χ2v) is 5.34. The van der Waals surface area contributed by atoms with Gasteiger partial charge in [-0.1, -0.05) is 26.7 Å². The highest BCUT2D eigenvalue weighted by molar-refractivity contribution is 6.18. The van der Waals surface area contributed by atoms with Gasteiger partial charge in [-0.15, -0.1) is 35.6 Å². The molecule has 0 saturated heterocycles. The number of halogens is 3. The maximum absolute atomic E-state index is 5.78. The van der Waals surface area contributed by atoms with Crippen molar-refractivity contribution in [1.29, 1.82) is 0 Å². The van der Waals surface area contributed by atoms with Crippen molar-refractivity contribution in [3.05, 3.63) is 0 Å². The molecule has 0 rings (SSSR count). The first kappa shape index (κ1) is 19.2. The van der Waals surface area contributed by atoms with Crippen molar-refractivity contribution < 1.29 is 0 Å². The number of rotatable bonds is 9. The zero-order valence-electron chi connectivity index (χ0n) is 10.7. The zero-order chi connectivity index (χ0) is 11.7. The van der Waals surface area contributed by atoms with Crippen LogP contribution >= 0.6 is 35.6 Å². The number of nitrogens with zero attached hydrogens (tertiary/aromatic N) is 1. The van der Waals surface area contributed by atoms with Crippen LogP contribution in [0.1, 0.15) is 40.0 Å². The quantitative estimate of drug-likeness (QED) is 0.569. The fourth-order valence-corrected chi connectivity index (χ4v) is 2.21. The fraction of sp³-hybridized carbons (Fsp3) is 1.00. The molecule has 1 nitrogen and oxygen atoms in total. The van der Waals surface area contributed by atoms with Crippen molar-refractivity contribution in [3.8, 4) is 0 Å². The highest BCUT2D eigenvalue weighted by Gasteiger charge is 2.12. The Morgan fingerprint density at radius 1 is 0.938 bits per heavy atom.